The van der Waals surface area contributed by atoms with Gasteiger partial charge >= 0.3 is 0 Å². The van der Waals surface area contributed by atoms with Crippen molar-refractivity contribution in [1.29, 1.82) is 0 Å². The Bertz CT molecular complexity index is 399. The largest absolute Gasteiger partial charge is 0.349 e. The van der Waals surface area contributed by atoms with Gasteiger partial charge in [0, 0.05) is 18.3 Å². The summed E-state index contributed by atoms with van der Waals surface area (Å²) >= 11 is 0. The molecule has 1 fully saturated rings. The third-order valence-electron chi connectivity index (χ3n) is 4.12. The fraction of sp³-hybridized carbons (Fsp3) is 0.600. The predicted octanol–water partition coefficient (Wildman–Crippen LogP) is 2.02. The minimum atomic E-state index is 0.0442. The molecular formula is C15H23N3O. The number of hydrogen-bond donors (Lipinski definition) is 2. The van der Waals surface area contributed by atoms with Crippen LogP contribution < -0.4 is 11.1 Å². The Morgan fingerprint density at radius 1 is 1.37 bits per heavy atom. The van der Waals surface area contributed by atoms with Crippen LogP contribution in [0.1, 0.15) is 44.2 Å². The zero-order chi connectivity index (χ0) is 13.7. The smallest absolute Gasteiger partial charge is 0.223 e. The zero-order valence-electron chi connectivity index (χ0n) is 11.5. The summed E-state index contributed by atoms with van der Waals surface area (Å²) in [6.07, 6.45) is 7.61. The monoisotopic (exact) mass is 261 g/mol. The molecule has 0 spiro atoms. The first-order valence-corrected chi connectivity index (χ1v) is 7.11. The Labute approximate surface area is 114 Å². The van der Waals surface area contributed by atoms with Crippen LogP contribution in [0.15, 0.2) is 24.5 Å². The maximum atomic E-state index is 12.2. The Morgan fingerprint density at radius 2 is 2.00 bits per heavy atom. The fourth-order valence-electron chi connectivity index (χ4n) is 2.73. The number of carbonyl (C=O) groups excluding carboxylic acids is 1. The highest BCUT2D eigenvalue weighted by atomic mass is 16.1. The van der Waals surface area contributed by atoms with E-state index >= 15 is 0 Å². The molecule has 1 heterocycles. The molecule has 4 nitrogen and oxygen atoms in total. The van der Waals surface area contributed by atoms with Crippen LogP contribution >= 0.6 is 0 Å². The molecule has 1 saturated carbocycles. The molecule has 1 aromatic rings. The number of nitrogens with zero attached hydrogens (tertiary/aromatic N) is 1. The number of nitrogens with two attached hydrogens (primary N) is 1. The van der Waals surface area contributed by atoms with Crippen LogP contribution in [0.5, 0.6) is 0 Å². The van der Waals surface area contributed by atoms with Crippen LogP contribution in [0.3, 0.4) is 0 Å². The summed E-state index contributed by atoms with van der Waals surface area (Å²) in [4.78, 5) is 16.2. The van der Waals surface area contributed by atoms with Crippen molar-refractivity contribution in [3.63, 3.8) is 0 Å². The van der Waals surface area contributed by atoms with Gasteiger partial charge in [-0.3, -0.25) is 9.78 Å². The Balaban J connectivity index is 1.84. The number of hydrogen-bond acceptors (Lipinski definition) is 3. The van der Waals surface area contributed by atoms with Gasteiger partial charge in [0.2, 0.25) is 5.91 Å². The van der Waals surface area contributed by atoms with Gasteiger partial charge in [-0.05, 0) is 62.8 Å². The predicted molar refractivity (Wildman–Crippen MR) is 75.3 cm³/mol. The number of amides is 1. The summed E-state index contributed by atoms with van der Waals surface area (Å²) in [6, 6.07) is 3.93. The lowest BCUT2D eigenvalue weighted by Crippen LogP contribution is -2.35. The Kier molecular flexibility index (Phi) is 4.91. The molecule has 3 N–H and O–H groups in total. The molecule has 1 aliphatic rings. The molecule has 0 aromatic carbocycles. The molecule has 0 unspecified atom stereocenters. The van der Waals surface area contributed by atoms with E-state index < -0.39 is 0 Å². The minimum absolute atomic E-state index is 0.0442. The molecule has 1 aliphatic carbocycles. The molecule has 19 heavy (non-hydrogen) atoms. The van der Waals surface area contributed by atoms with Crippen molar-refractivity contribution in [2.24, 2.45) is 17.6 Å². The van der Waals surface area contributed by atoms with Gasteiger partial charge in [-0.25, -0.2) is 0 Å². The zero-order valence-corrected chi connectivity index (χ0v) is 11.5. The molecule has 1 aromatic heterocycles. The molecule has 0 aliphatic heterocycles. The number of aromatic nitrogens is 1. The lowest BCUT2D eigenvalue weighted by atomic mass is 9.81. The van der Waals surface area contributed by atoms with E-state index in [-0.39, 0.29) is 17.9 Å². The van der Waals surface area contributed by atoms with Gasteiger partial charge in [0.05, 0.1) is 6.04 Å². The summed E-state index contributed by atoms with van der Waals surface area (Å²) < 4.78 is 0. The summed E-state index contributed by atoms with van der Waals surface area (Å²) in [5.74, 6) is 0.952. The number of pyridine rings is 1. The molecule has 0 saturated heterocycles. The molecule has 1 atom stereocenters. The maximum Gasteiger partial charge on any atom is 0.223 e. The Hall–Kier alpha value is -1.42. The lowest BCUT2D eigenvalue weighted by molar-refractivity contribution is -0.126. The van der Waals surface area contributed by atoms with Gasteiger partial charge < -0.3 is 11.1 Å². The number of nitrogens with one attached hydrogen (secondary N) is 1. The van der Waals surface area contributed by atoms with Crippen molar-refractivity contribution in [1.82, 2.24) is 10.3 Å². The van der Waals surface area contributed by atoms with Crippen LogP contribution in [0, 0.1) is 11.8 Å². The average Bonchev–Trinajstić information content (AvgIpc) is 2.48. The second-order valence-corrected chi connectivity index (χ2v) is 5.46. The van der Waals surface area contributed by atoms with Crippen LogP contribution in [0.2, 0.25) is 0 Å². The summed E-state index contributed by atoms with van der Waals surface area (Å²) in [6.45, 7) is 2.76. The normalized spacial score (nSPS) is 24.7. The minimum Gasteiger partial charge on any atom is -0.349 e. The molecule has 1 amide bonds. The molecule has 104 valence electrons. The highest BCUT2D eigenvalue weighted by molar-refractivity contribution is 5.79. The third-order valence-corrected chi connectivity index (χ3v) is 4.12. The molecular weight excluding hydrogens is 238 g/mol. The first-order chi connectivity index (χ1) is 9.20. The second kappa shape index (κ2) is 6.66. The van der Waals surface area contributed by atoms with Crippen molar-refractivity contribution in [3.8, 4) is 0 Å². The maximum absolute atomic E-state index is 12.2. The van der Waals surface area contributed by atoms with Crippen molar-refractivity contribution in [2.45, 2.75) is 38.6 Å². The standard InChI is InChI=1S/C15H23N3O/c1-11(13-6-8-17-9-7-13)18-15(19)14-4-2-12(10-16)3-5-14/h6-9,11-12,14H,2-5,10,16H2,1H3,(H,18,19)/t11-,12?,14?/m1/s1. The van der Waals surface area contributed by atoms with Gasteiger partial charge in [-0.15, -0.1) is 0 Å². The van der Waals surface area contributed by atoms with Gasteiger partial charge in [0.15, 0.2) is 0 Å². The van der Waals surface area contributed by atoms with E-state index in [4.69, 9.17) is 5.73 Å². The van der Waals surface area contributed by atoms with Gasteiger partial charge in [0.25, 0.3) is 0 Å². The third kappa shape index (κ3) is 3.77. The SMILES string of the molecule is C[C@@H](NC(=O)C1CCC(CN)CC1)c1ccncc1. The lowest BCUT2D eigenvalue weighted by Gasteiger charge is -2.28. The van der Waals surface area contributed by atoms with Crippen molar-refractivity contribution in [2.75, 3.05) is 6.54 Å². The molecule has 0 bridgehead atoms. The van der Waals surface area contributed by atoms with E-state index in [1.165, 1.54) is 0 Å². The Morgan fingerprint density at radius 3 is 2.58 bits per heavy atom. The van der Waals surface area contributed by atoms with Crippen LogP contribution in [0.4, 0.5) is 0 Å². The first-order valence-electron chi connectivity index (χ1n) is 7.11. The molecule has 4 heteroatoms. The summed E-state index contributed by atoms with van der Waals surface area (Å²) in [5, 5.41) is 3.10. The van der Waals surface area contributed by atoms with Crippen LogP contribution in [-0.2, 0) is 4.79 Å². The quantitative estimate of drug-likeness (QED) is 0.871. The van der Waals surface area contributed by atoms with E-state index in [0.29, 0.717) is 5.92 Å². The van der Waals surface area contributed by atoms with E-state index in [9.17, 15) is 4.79 Å². The topological polar surface area (TPSA) is 68.0 Å². The number of rotatable bonds is 4. The van der Waals surface area contributed by atoms with Gasteiger partial charge in [-0.2, -0.15) is 0 Å². The van der Waals surface area contributed by atoms with Crippen molar-refractivity contribution in [3.05, 3.63) is 30.1 Å². The van der Waals surface area contributed by atoms with Crippen LogP contribution in [0.25, 0.3) is 0 Å². The van der Waals surface area contributed by atoms with E-state index in [1.807, 2.05) is 19.1 Å². The molecule has 0 radical (unpaired) electrons. The summed E-state index contributed by atoms with van der Waals surface area (Å²) in [5.41, 5.74) is 6.77. The van der Waals surface area contributed by atoms with Crippen molar-refractivity contribution >= 4 is 5.91 Å². The van der Waals surface area contributed by atoms with Gasteiger partial charge in [0.1, 0.15) is 0 Å². The summed E-state index contributed by atoms with van der Waals surface area (Å²) in [7, 11) is 0. The highest BCUT2D eigenvalue weighted by Crippen LogP contribution is 2.28. The van der Waals surface area contributed by atoms with Crippen LogP contribution in [-0.4, -0.2) is 17.4 Å². The first kappa shape index (κ1) is 14.0. The molecule has 2 rings (SSSR count). The number of carbonyl (C=O) groups is 1. The van der Waals surface area contributed by atoms with Gasteiger partial charge in [-0.1, -0.05) is 0 Å². The van der Waals surface area contributed by atoms with Crippen molar-refractivity contribution < 1.29 is 4.79 Å². The van der Waals surface area contributed by atoms with E-state index in [2.05, 4.69) is 10.3 Å². The van der Waals surface area contributed by atoms with E-state index in [1.54, 1.807) is 12.4 Å². The average molecular weight is 261 g/mol. The highest BCUT2D eigenvalue weighted by Gasteiger charge is 2.26. The fourth-order valence-corrected chi connectivity index (χ4v) is 2.73. The second-order valence-electron chi connectivity index (χ2n) is 5.46. The van der Waals surface area contributed by atoms with E-state index in [0.717, 1.165) is 37.8 Å².